The Bertz CT molecular complexity index is 695. The fourth-order valence-corrected chi connectivity index (χ4v) is 3.81. The highest BCUT2D eigenvalue weighted by molar-refractivity contribution is 6.09. The highest BCUT2D eigenvalue weighted by atomic mass is 16.4. The SMILES string of the molecule is ON=C1c2ccccc2C(O)C12Cc1ccccc1C2. The summed E-state index contributed by atoms with van der Waals surface area (Å²) < 4.78 is 0. The van der Waals surface area contributed by atoms with E-state index in [9.17, 15) is 10.3 Å². The third-order valence-electron chi connectivity index (χ3n) is 4.74. The molecule has 0 aromatic heterocycles. The summed E-state index contributed by atoms with van der Waals surface area (Å²) in [5.74, 6) is 0. The number of aliphatic hydroxyl groups excluding tert-OH is 1. The highest BCUT2D eigenvalue weighted by Crippen LogP contribution is 2.53. The number of oxime groups is 1. The molecule has 1 spiro atoms. The molecule has 0 saturated heterocycles. The van der Waals surface area contributed by atoms with E-state index in [4.69, 9.17) is 0 Å². The quantitative estimate of drug-likeness (QED) is 0.568. The zero-order chi connectivity index (χ0) is 13.7. The second kappa shape index (κ2) is 3.93. The molecule has 2 aromatic rings. The fraction of sp³-hybridized carbons (Fsp3) is 0.235. The van der Waals surface area contributed by atoms with E-state index < -0.39 is 11.5 Å². The second-order valence-corrected chi connectivity index (χ2v) is 5.72. The average Bonchev–Trinajstić information content (AvgIpc) is 2.97. The smallest absolute Gasteiger partial charge is 0.0969 e. The van der Waals surface area contributed by atoms with Gasteiger partial charge in [-0.2, -0.15) is 0 Å². The van der Waals surface area contributed by atoms with Gasteiger partial charge in [0, 0.05) is 5.56 Å². The van der Waals surface area contributed by atoms with Gasteiger partial charge in [-0.05, 0) is 29.5 Å². The van der Waals surface area contributed by atoms with Gasteiger partial charge in [-0.3, -0.25) is 0 Å². The summed E-state index contributed by atoms with van der Waals surface area (Å²) in [4.78, 5) is 0. The summed E-state index contributed by atoms with van der Waals surface area (Å²) in [6.07, 6.45) is 0.827. The molecule has 20 heavy (non-hydrogen) atoms. The van der Waals surface area contributed by atoms with E-state index >= 15 is 0 Å². The first-order valence-electron chi connectivity index (χ1n) is 6.83. The molecule has 2 aliphatic carbocycles. The summed E-state index contributed by atoms with van der Waals surface area (Å²) in [5.41, 5.74) is 4.32. The van der Waals surface area contributed by atoms with Gasteiger partial charge in [-0.15, -0.1) is 0 Å². The number of fused-ring (bicyclic) bond motifs is 2. The van der Waals surface area contributed by atoms with Crippen LogP contribution in [0, 0.1) is 5.41 Å². The molecule has 3 heteroatoms. The molecule has 100 valence electrons. The van der Waals surface area contributed by atoms with Crippen LogP contribution in [-0.2, 0) is 12.8 Å². The van der Waals surface area contributed by atoms with Crippen molar-refractivity contribution < 1.29 is 10.3 Å². The number of nitrogens with zero attached hydrogens (tertiary/aromatic N) is 1. The van der Waals surface area contributed by atoms with Gasteiger partial charge in [0.25, 0.3) is 0 Å². The molecule has 0 aliphatic heterocycles. The van der Waals surface area contributed by atoms with Crippen LogP contribution in [0.3, 0.4) is 0 Å². The molecular formula is C17H15NO2. The van der Waals surface area contributed by atoms with Gasteiger partial charge >= 0.3 is 0 Å². The molecule has 0 heterocycles. The highest BCUT2D eigenvalue weighted by Gasteiger charge is 2.53. The number of benzene rings is 2. The van der Waals surface area contributed by atoms with E-state index in [0.29, 0.717) is 5.71 Å². The van der Waals surface area contributed by atoms with Crippen LogP contribution in [0.25, 0.3) is 0 Å². The van der Waals surface area contributed by atoms with Crippen molar-refractivity contribution in [3.8, 4) is 0 Å². The summed E-state index contributed by atoms with van der Waals surface area (Å²) in [7, 11) is 0. The van der Waals surface area contributed by atoms with Crippen LogP contribution in [0.15, 0.2) is 53.7 Å². The van der Waals surface area contributed by atoms with Crippen molar-refractivity contribution >= 4 is 5.71 Å². The van der Waals surface area contributed by atoms with E-state index in [1.54, 1.807) is 0 Å². The zero-order valence-electron chi connectivity index (χ0n) is 11.0. The third-order valence-corrected chi connectivity index (χ3v) is 4.74. The van der Waals surface area contributed by atoms with E-state index in [1.807, 2.05) is 36.4 Å². The zero-order valence-corrected chi connectivity index (χ0v) is 11.0. The van der Waals surface area contributed by atoms with Crippen LogP contribution < -0.4 is 0 Å². The summed E-state index contributed by atoms with van der Waals surface area (Å²) in [6, 6.07) is 15.9. The van der Waals surface area contributed by atoms with Crippen molar-refractivity contribution in [2.75, 3.05) is 0 Å². The molecule has 0 radical (unpaired) electrons. The molecule has 0 bridgehead atoms. The first kappa shape index (κ1) is 11.7. The first-order chi connectivity index (χ1) is 9.76. The molecule has 2 N–H and O–H groups in total. The van der Waals surface area contributed by atoms with Gasteiger partial charge < -0.3 is 10.3 Å². The Hall–Kier alpha value is -2.13. The van der Waals surface area contributed by atoms with Crippen molar-refractivity contribution in [3.63, 3.8) is 0 Å². The maximum Gasteiger partial charge on any atom is 0.0969 e. The van der Waals surface area contributed by atoms with E-state index in [0.717, 1.165) is 24.0 Å². The van der Waals surface area contributed by atoms with E-state index in [-0.39, 0.29) is 0 Å². The summed E-state index contributed by atoms with van der Waals surface area (Å²) in [5, 5.41) is 23.9. The molecule has 1 unspecified atom stereocenters. The van der Waals surface area contributed by atoms with Gasteiger partial charge in [0.05, 0.1) is 17.2 Å². The minimum atomic E-state index is -0.614. The fourth-order valence-electron chi connectivity index (χ4n) is 3.81. The lowest BCUT2D eigenvalue weighted by Gasteiger charge is -2.27. The van der Waals surface area contributed by atoms with Gasteiger partial charge in [0.1, 0.15) is 0 Å². The Balaban J connectivity index is 1.90. The molecular weight excluding hydrogens is 250 g/mol. The summed E-state index contributed by atoms with van der Waals surface area (Å²) >= 11 is 0. The molecule has 2 aliphatic rings. The molecule has 2 aromatic carbocycles. The van der Waals surface area contributed by atoms with Crippen molar-refractivity contribution in [3.05, 3.63) is 70.8 Å². The molecule has 4 rings (SSSR count). The Morgan fingerprint density at radius 2 is 1.55 bits per heavy atom. The van der Waals surface area contributed by atoms with Crippen molar-refractivity contribution in [2.24, 2.45) is 10.6 Å². The minimum Gasteiger partial charge on any atom is -0.411 e. The van der Waals surface area contributed by atoms with Crippen LogP contribution in [-0.4, -0.2) is 16.0 Å². The standard InChI is InChI=1S/C17H15NO2/c19-16-14-8-4-3-7-13(14)15(18-20)17(16)9-11-5-1-2-6-12(11)10-17/h1-8,16,19-20H,9-10H2. The average molecular weight is 265 g/mol. The molecule has 0 fully saturated rings. The predicted molar refractivity (Wildman–Crippen MR) is 76.0 cm³/mol. The number of hydrogen-bond acceptors (Lipinski definition) is 3. The Morgan fingerprint density at radius 3 is 2.20 bits per heavy atom. The minimum absolute atomic E-state index is 0.512. The second-order valence-electron chi connectivity index (χ2n) is 5.72. The molecule has 0 saturated carbocycles. The largest absolute Gasteiger partial charge is 0.411 e. The Kier molecular flexibility index (Phi) is 2.30. The maximum atomic E-state index is 10.8. The van der Waals surface area contributed by atoms with E-state index in [1.165, 1.54) is 11.1 Å². The number of hydrogen-bond donors (Lipinski definition) is 2. The topological polar surface area (TPSA) is 52.8 Å². The van der Waals surface area contributed by atoms with Gasteiger partial charge in [-0.1, -0.05) is 53.7 Å². The lowest BCUT2D eigenvalue weighted by atomic mass is 9.78. The summed E-state index contributed by atoms with van der Waals surface area (Å²) in [6.45, 7) is 0. The molecule has 3 nitrogen and oxygen atoms in total. The van der Waals surface area contributed by atoms with Crippen LogP contribution in [0.5, 0.6) is 0 Å². The van der Waals surface area contributed by atoms with Gasteiger partial charge in [0.15, 0.2) is 0 Å². The lowest BCUT2D eigenvalue weighted by Crippen LogP contribution is -2.33. The first-order valence-corrected chi connectivity index (χ1v) is 6.83. The van der Waals surface area contributed by atoms with Crippen molar-refractivity contribution in [1.82, 2.24) is 0 Å². The van der Waals surface area contributed by atoms with E-state index in [2.05, 4.69) is 17.3 Å². The lowest BCUT2D eigenvalue weighted by molar-refractivity contribution is 0.0838. The molecule has 0 amide bonds. The predicted octanol–water partition coefficient (Wildman–Crippen LogP) is 2.70. The Morgan fingerprint density at radius 1 is 0.950 bits per heavy atom. The van der Waals surface area contributed by atoms with Gasteiger partial charge in [-0.25, -0.2) is 0 Å². The Labute approximate surface area is 117 Å². The number of aliphatic hydroxyl groups is 1. The van der Waals surface area contributed by atoms with Gasteiger partial charge in [0.2, 0.25) is 0 Å². The van der Waals surface area contributed by atoms with Crippen LogP contribution in [0.1, 0.15) is 28.4 Å². The van der Waals surface area contributed by atoms with Crippen molar-refractivity contribution in [2.45, 2.75) is 18.9 Å². The monoisotopic (exact) mass is 265 g/mol. The van der Waals surface area contributed by atoms with Crippen LogP contribution in [0.4, 0.5) is 0 Å². The normalized spacial score (nSPS) is 24.1. The molecule has 1 atom stereocenters. The third kappa shape index (κ3) is 1.30. The van der Waals surface area contributed by atoms with Crippen LogP contribution >= 0.6 is 0 Å². The van der Waals surface area contributed by atoms with Crippen molar-refractivity contribution in [1.29, 1.82) is 0 Å². The van der Waals surface area contributed by atoms with Crippen LogP contribution in [0.2, 0.25) is 0 Å². The maximum absolute atomic E-state index is 10.8. The number of rotatable bonds is 0.